The molecule has 0 unspecified atom stereocenters. The highest BCUT2D eigenvalue weighted by atomic mass is 16.1. The predicted octanol–water partition coefficient (Wildman–Crippen LogP) is 2.06. The first kappa shape index (κ1) is 16.8. The average Bonchev–Trinajstić information content (AvgIpc) is 2.87. The van der Waals surface area contributed by atoms with Crippen LogP contribution in [0.2, 0.25) is 0 Å². The third kappa shape index (κ3) is 2.98. The standard InChI is InChI=1S/C19H24N6O/c1-13-11-14(2)22-18(21-13)24-9-6-15(7-10-24)12-25-17-16(5-4-8-20-17)23(3)19(25)26/h4-5,8,11,15H,6-7,9-10,12H2,1-3H3. The van der Waals surface area contributed by atoms with Gasteiger partial charge in [-0.05, 0) is 50.8 Å². The van der Waals surface area contributed by atoms with Gasteiger partial charge >= 0.3 is 5.69 Å². The minimum Gasteiger partial charge on any atom is -0.341 e. The second-order valence-electron chi connectivity index (χ2n) is 7.18. The van der Waals surface area contributed by atoms with Crippen LogP contribution >= 0.6 is 0 Å². The van der Waals surface area contributed by atoms with Gasteiger partial charge in [-0.1, -0.05) is 0 Å². The SMILES string of the molecule is Cc1cc(C)nc(N2CCC(Cn3c(=O)n(C)c4cccnc43)CC2)n1. The number of anilines is 1. The third-order valence-electron chi connectivity index (χ3n) is 5.21. The highest BCUT2D eigenvalue weighted by molar-refractivity contribution is 5.71. The molecule has 0 aliphatic carbocycles. The zero-order chi connectivity index (χ0) is 18.3. The van der Waals surface area contributed by atoms with Gasteiger partial charge in [-0.25, -0.2) is 19.7 Å². The lowest BCUT2D eigenvalue weighted by molar-refractivity contribution is 0.353. The number of aromatic nitrogens is 5. The van der Waals surface area contributed by atoms with Gasteiger partial charge in [0.05, 0.1) is 5.52 Å². The summed E-state index contributed by atoms with van der Waals surface area (Å²) in [5.74, 6) is 1.28. The lowest BCUT2D eigenvalue weighted by Gasteiger charge is -2.32. The number of nitrogens with zero attached hydrogens (tertiary/aromatic N) is 6. The molecule has 0 spiro atoms. The fraction of sp³-hybridized carbons (Fsp3) is 0.474. The van der Waals surface area contributed by atoms with Crippen LogP contribution in [0.4, 0.5) is 5.95 Å². The van der Waals surface area contributed by atoms with Crippen molar-refractivity contribution in [2.45, 2.75) is 33.2 Å². The summed E-state index contributed by atoms with van der Waals surface area (Å²) in [5, 5.41) is 0. The minimum atomic E-state index is 0.0128. The molecule has 4 heterocycles. The molecule has 26 heavy (non-hydrogen) atoms. The van der Waals surface area contributed by atoms with Crippen LogP contribution in [0.25, 0.3) is 11.2 Å². The molecule has 0 N–H and O–H groups in total. The molecule has 0 amide bonds. The summed E-state index contributed by atoms with van der Waals surface area (Å²) in [5.41, 5.74) is 3.68. The first-order valence-corrected chi connectivity index (χ1v) is 9.10. The van der Waals surface area contributed by atoms with Crippen LogP contribution in [0.15, 0.2) is 29.2 Å². The molecule has 136 valence electrons. The smallest absolute Gasteiger partial charge is 0.330 e. The molecule has 0 saturated carbocycles. The van der Waals surface area contributed by atoms with Gasteiger partial charge in [0, 0.05) is 44.3 Å². The van der Waals surface area contributed by atoms with Crippen LogP contribution in [-0.2, 0) is 13.6 Å². The molecule has 1 aliphatic rings. The summed E-state index contributed by atoms with van der Waals surface area (Å²) < 4.78 is 3.50. The highest BCUT2D eigenvalue weighted by Gasteiger charge is 2.23. The van der Waals surface area contributed by atoms with E-state index in [1.54, 1.807) is 10.8 Å². The van der Waals surface area contributed by atoms with Gasteiger partial charge < -0.3 is 4.90 Å². The van der Waals surface area contributed by atoms with Gasteiger partial charge in [0.15, 0.2) is 5.65 Å². The maximum absolute atomic E-state index is 12.6. The molecule has 1 saturated heterocycles. The fourth-order valence-electron chi connectivity index (χ4n) is 3.82. The molecule has 3 aromatic heterocycles. The summed E-state index contributed by atoms with van der Waals surface area (Å²) >= 11 is 0. The normalized spacial score (nSPS) is 15.7. The van der Waals surface area contributed by atoms with E-state index in [1.807, 2.05) is 43.7 Å². The number of imidazole rings is 1. The molecule has 7 heteroatoms. The number of pyridine rings is 1. The molecule has 4 rings (SSSR count). The Labute approximate surface area is 152 Å². The monoisotopic (exact) mass is 352 g/mol. The Hall–Kier alpha value is -2.70. The summed E-state index contributed by atoms with van der Waals surface area (Å²) in [6.45, 7) is 6.56. The first-order valence-electron chi connectivity index (χ1n) is 9.10. The van der Waals surface area contributed by atoms with Crippen molar-refractivity contribution in [3.8, 4) is 0 Å². The molecular weight excluding hydrogens is 328 g/mol. The van der Waals surface area contributed by atoms with E-state index in [-0.39, 0.29) is 5.69 Å². The zero-order valence-electron chi connectivity index (χ0n) is 15.5. The highest BCUT2D eigenvalue weighted by Crippen LogP contribution is 2.23. The van der Waals surface area contributed by atoms with Crippen LogP contribution in [0.3, 0.4) is 0 Å². The van der Waals surface area contributed by atoms with E-state index in [1.165, 1.54) is 0 Å². The molecular formula is C19H24N6O. The second-order valence-corrected chi connectivity index (χ2v) is 7.18. The first-order chi connectivity index (χ1) is 12.5. The summed E-state index contributed by atoms with van der Waals surface area (Å²) in [4.78, 5) is 28.4. The van der Waals surface area contributed by atoms with Crippen LogP contribution in [0, 0.1) is 19.8 Å². The minimum absolute atomic E-state index is 0.0128. The van der Waals surface area contributed by atoms with E-state index < -0.39 is 0 Å². The zero-order valence-corrected chi connectivity index (χ0v) is 15.5. The Kier molecular flexibility index (Phi) is 4.22. The van der Waals surface area contributed by atoms with Crippen molar-refractivity contribution in [2.75, 3.05) is 18.0 Å². The molecule has 0 bridgehead atoms. The second kappa shape index (κ2) is 6.55. The quantitative estimate of drug-likeness (QED) is 0.722. The van der Waals surface area contributed by atoms with Crippen LogP contribution in [0.1, 0.15) is 24.2 Å². The number of fused-ring (bicyclic) bond motifs is 1. The van der Waals surface area contributed by atoms with E-state index in [0.29, 0.717) is 12.5 Å². The Morgan fingerprint density at radius 3 is 2.54 bits per heavy atom. The topological polar surface area (TPSA) is 68.8 Å². The van der Waals surface area contributed by atoms with Gasteiger partial charge in [-0.3, -0.25) is 9.13 Å². The Balaban J connectivity index is 1.50. The maximum atomic E-state index is 12.6. The van der Waals surface area contributed by atoms with Crippen molar-refractivity contribution in [3.05, 3.63) is 46.3 Å². The summed E-state index contributed by atoms with van der Waals surface area (Å²) in [7, 11) is 1.81. The van der Waals surface area contributed by atoms with Crippen molar-refractivity contribution in [1.29, 1.82) is 0 Å². The largest absolute Gasteiger partial charge is 0.341 e. The van der Waals surface area contributed by atoms with Gasteiger partial charge in [-0.15, -0.1) is 0 Å². The predicted molar refractivity (Wildman–Crippen MR) is 101 cm³/mol. The Morgan fingerprint density at radius 1 is 1.15 bits per heavy atom. The van der Waals surface area contributed by atoms with E-state index in [9.17, 15) is 4.79 Å². The number of hydrogen-bond donors (Lipinski definition) is 0. The van der Waals surface area contributed by atoms with Crippen molar-refractivity contribution in [3.63, 3.8) is 0 Å². The van der Waals surface area contributed by atoms with Crippen molar-refractivity contribution < 1.29 is 0 Å². The van der Waals surface area contributed by atoms with Crippen molar-refractivity contribution >= 4 is 17.1 Å². The molecule has 1 aliphatic heterocycles. The van der Waals surface area contributed by atoms with Gasteiger partial charge in [-0.2, -0.15) is 0 Å². The van der Waals surface area contributed by atoms with E-state index >= 15 is 0 Å². The lowest BCUT2D eigenvalue weighted by atomic mass is 9.97. The summed E-state index contributed by atoms with van der Waals surface area (Å²) in [6.07, 6.45) is 3.79. The fourth-order valence-corrected chi connectivity index (χ4v) is 3.82. The van der Waals surface area contributed by atoms with Crippen molar-refractivity contribution in [2.24, 2.45) is 13.0 Å². The number of aryl methyl sites for hydroxylation is 3. The molecule has 3 aromatic rings. The van der Waals surface area contributed by atoms with E-state index in [2.05, 4.69) is 19.9 Å². The number of rotatable bonds is 3. The summed E-state index contributed by atoms with van der Waals surface area (Å²) in [6, 6.07) is 5.81. The van der Waals surface area contributed by atoms with Crippen LogP contribution in [-0.4, -0.2) is 37.2 Å². The Morgan fingerprint density at radius 2 is 1.85 bits per heavy atom. The van der Waals surface area contributed by atoms with Gasteiger partial charge in [0.1, 0.15) is 0 Å². The molecule has 0 radical (unpaired) electrons. The lowest BCUT2D eigenvalue weighted by Crippen LogP contribution is -2.37. The van der Waals surface area contributed by atoms with E-state index in [0.717, 1.165) is 54.4 Å². The van der Waals surface area contributed by atoms with E-state index in [4.69, 9.17) is 0 Å². The number of piperidine rings is 1. The van der Waals surface area contributed by atoms with Gasteiger partial charge in [0.25, 0.3) is 0 Å². The Bertz CT molecular complexity index is 977. The molecule has 0 aromatic carbocycles. The molecule has 7 nitrogen and oxygen atoms in total. The third-order valence-corrected chi connectivity index (χ3v) is 5.21. The van der Waals surface area contributed by atoms with Crippen LogP contribution in [0.5, 0.6) is 0 Å². The molecule has 0 atom stereocenters. The number of hydrogen-bond acceptors (Lipinski definition) is 5. The van der Waals surface area contributed by atoms with Crippen LogP contribution < -0.4 is 10.6 Å². The van der Waals surface area contributed by atoms with Gasteiger partial charge in [0.2, 0.25) is 5.95 Å². The van der Waals surface area contributed by atoms with Crippen molar-refractivity contribution in [1.82, 2.24) is 24.1 Å². The maximum Gasteiger partial charge on any atom is 0.330 e. The molecule has 1 fully saturated rings. The average molecular weight is 352 g/mol.